The van der Waals surface area contributed by atoms with Crippen LogP contribution in [0.15, 0.2) is 24.3 Å². The van der Waals surface area contributed by atoms with E-state index >= 15 is 0 Å². The summed E-state index contributed by atoms with van der Waals surface area (Å²) < 4.78 is 1.80. The number of aromatic nitrogens is 2. The van der Waals surface area contributed by atoms with Crippen molar-refractivity contribution in [2.45, 2.75) is 25.2 Å². The first-order valence-corrected chi connectivity index (χ1v) is 7.59. The molecule has 2 aliphatic carbocycles. The molecule has 20 heavy (non-hydrogen) atoms. The molecule has 1 heterocycles. The van der Waals surface area contributed by atoms with Crippen molar-refractivity contribution in [1.29, 1.82) is 0 Å². The van der Waals surface area contributed by atoms with Crippen LogP contribution in [-0.4, -0.2) is 9.78 Å². The lowest BCUT2D eigenvalue weighted by molar-refractivity contribution is 0.594. The van der Waals surface area contributed by atoms with Crippen molar-refractivity contribution in [3.63, 3.8) is 0 Å². The van der Waals surface area contributed by atoms with Crippen molar-refractivity contribution in [2.75, 3.05) is 5.73 Å². The monoisotopic (exact) mass is 287 g/mol. The fraction of sp³-hybridized carbons (Fsp3) is 0.438. The molecule has 2 aromatic rings. The number of rotatable bonds is 2. The van der Waals surface area contributed by atoms with Crippen LogP contribution in [0.2, 0.25) is 5.02 Å². The Hall–Kier alpha value is -1.48. The first kappa shape index (κ1) is 12.3. The Bertz CT molecular complexity index is 666. The smallest absolute Gasteiger partial charge is 0.129 e. The van der Waals surface area contributed by atoms with Gasteiger partial charge in [0.1, 0.15) is 5.82 Å². The zero-order valence-corrected chi connectivity index (χ0v) is 12.3. The third kappa shape index (κ3) is 1.84. The molecule has 104 valence electrons. The van der Waals surface area contributed by atoms with Crippen molar-refractivity contribution < 1.29 is 0 Å². The fourth-order valence-electron chi connectivity index (χ4n) is 3.72. The topological polar surface area (TPSA) is 43.8 Å². The number of nitrogens with zero attached hydrogens (tertiary/aromatic N) is 2. The summed E-state index contributed by atoms with van der Waals surface area (Å²) in [5.74, 6) is 3.19. The van der Waals surface area contributed by atoms with E-state index in [0.717, 1.165) is 33.8 Å². The van der Waals surface area contributed by atoms with Gasteiger partial charge in [-0.1, -0.05) is 23.7 Å². The van der Waals surface area contributed by atoms with Crippen molar-refractivity contribution in [3.05, 3.63) is 35.0 Å². The van der Waals surface area contributed by atoms with E-state index in [1.807, 2.05) is 25.2 Å². The van der Waals surface area contributed by atoms with Gasteiger partial charge >= 0.3 is 0 Å². The van der Waals surface area contributed by atoms with Crippen molar-refractivity contribution >= 4 is 17.4 Å². The summed E-state index contributed by atoms with van der Waals surface area (Å²) in [4.78, 5) is 0. The van der Waals surface area contributed by atoms with Crippen molar-refractivity contribution in [1.82, 2.24) is 9.78 Å². The Labute approximate surface area is 123 Å². The second kappa shape index (κ2) is 4.26. The molecule has 4 heteroatoms. The number of nitrogen functional groups attached to an aromatic ring is 1. The second-order valence-electron chi connectivity index (χ2n) is 6.20. The van der Waals surface area contributed by atoms with Crippen LogP contribution in [0.5, 0.6) is 0 Å². The molecule has 2 saturated carbocycles. The summed E-state index contributed by atoms with van der Waals surface area (Å²) in [7, 11) is 1.92. The zero-order chi connectivity index (χ0) is 13.9. The molecule has 1 aromatic carbocycles. The predicted octanol–water partition coefficient (Wildman–Crippen LogP) is 3.84. The molecule has 2 atom stereocenters. The highest BCUT2D eigenvalue weighted by Gasteiger charge is 2.47. The van der Waals surface area contributed by atoms with Crippen LogP contribution in [0, 0.1) is 11.8 Å². The minimum Gasteiger partial charge on any atom is -0.383 e. The molecule has 2 fully saturated rings. The lowest BCUT2D eigenvalue weighted by Gasteiger charge is -2.12. The summed E-state index contributed by atoms with van der Waals surface area (Å²) >= 11 is 6.13. The zero-order valence-electron chi connectivity index (χ0n) is 11.5. The molecule has 0 radical (unpaired) electrons. The summed E-state index contributed by atoms with van der Waals surface area (Å²) in [6.45, 7) is 0. The summed E-state index contributed by atoms with van der Waals surface area (Å²) in [5, 5.41) is 5.44. The summed E-state index contributed by atoms with van der Waals surface area (Å²) in [5.41, 5.74) is 9.59. The van der Waals surface area contributed by atoms with Crippen molar-refractivity contribution in [3.8, 4) is 11.1 Å². The number of halogens is 1. The van der Waals surface area contributed by atoms with Gasteiger partial charge in [0.15, 0.2) is 0 Å². The van der Waals surface area contributed by atoms with E-state index < -0.39 is 0 Å². The highest BCUT2D eigenvalue weighted by molar-refractivity contribution is 6.30. The van der Waals surface area contributed by atoms with Gasteiger partial charge in [0.05, 0.1) is 5.69 Å². The van der Waals surface area contributed by atoms with Gasteiger partial charge in [-0.3, -0.25) is 4.68 Å². The summed E-state index contributed by atoms with van der Waals surface area (Å²) in [6.07, 6.45) is 3.97. The van der Waals surface area contributed by atoms with E-state index in [-0.39, 0.29) is 0 Å². The van der Waals surface area contributed by atoms with Crippen molar-refractivity contribution in [2.24, 2.45) is 18.9 Å². The molecule has 2 unspecified atom stereocenters. The lowest BCUT2D eigenvalue weighted by Crippen LogP contribution is -2.00. The Kier molecular flexibility index (Phi) is 2.61. The normalized spacial score (nSPS) is 27.6. The number of benzene rings is 1. The molecular weight excluding hydrogens is 270 g/mol. The number of hydrogen-bond acceptors (Lipinski definition) is 2. The molecule has 3 nitrogen and oxygen atoms in total. The van der Waals surface area contributed by atoms with E-state index in [1.165, 1.54) is 25.0 Å². The fourth-order valence-corrected chi connectivity index (χ4v) is 3.91. The molecule has 0 saturated heterocycles. The van der Waals surface area contributed by atoms with Gasteiger partial charge in [-0.15, -0.1) is 0 Å². The van der Waals surface area contributed by atoms with E-state index in [2.05, 4.69) is 6.07 Å². The van der Waals surface area contributed by atoms with Crippen LogP contribution in [0.25, 0.3) is 11.1 Å². The third-order valence-corrected chi connectivity index (χ3v) is 5.10. The maximum absolute atomic E-state index is 6.26. The van der Waals surface area contributed by atoms with Crippen LogP contribution in [0.1, 0.15) is 30.9 Å². The minimum atomic E-state index is 0.566. The molecule has 0 aliphatic heterocycles. The first-order valence-electron chi connectivity index (χ1n) is 7.21. The van der Waals surface area contributed by atoms with Gasteiger partial charge in [-0.05, 0) is 48.8 Å². The van der Waals surface area contributed by atoms with Gasteiger partial charge in [0.2, 0.25) is 0 Å². The maximum atomic E-state index is 6.26. The number of anilines is 1. The van der Waals surface area contributed by atoms with Gasteiger partial charge in [0.25, 0.3) is 0 Å². The van der Waals surface area contributed by atoms with Crippen LogP contribution < -0.4 is 5.73 Å². The van der Waals surface area contributed by atoms with E-state index in [1.54, 1.807) is 4.68 Å². The highest BCUT2D eigenvalue weighted by Crippen LogP contribution is 2.58. The van der Waals surface area contributed by atoms with E-state index in [0.29, 0.717) is 5.92 Å². The maximum Gasteiger partial charge on any atom is 0.129 e. The lowest BCUT2D eigenvalue weighted by atomic mass is 9.93. The Morgan fingerprint density at radius 2 is 2.00 bits per heavy atom. The van der Waals surface area contributed by atoms with Crippen LogP contribution in [-0.2, 0) is 7.05 Å². The predicted molar refractivity (Wildman–Crippen MR) is 81.6 cm³/mol. The first-order chi connectivity index (χ1) is 9.63. The number of fused-ring (bicyclic) bond motifs is 1. The highest BCUT2D eigenvalue weighted by atomic mass is 35.5. The molecule has 4 rings (SSSR count). The third-order valence-electron chi connectivity index (χ3n) is 4.86. The van der Waals surface area contributed by atoms with Crippen LogP contribution in [0.3, 0.4) is 0 Å². The summed E-state index contributed by atoms with van der Waals surface area (Å²) in [6, 6.07) is 7.91. The molecular formula is C16H18ClN3. The van der Waals surface area contributed by atoms with Crippen LogP contribution >= 0.6 is 11.6 Å². The second-order valence-corrected chi connectivity index (χ2v) is 6.64. The SMILES string of the molecule is Cn1nc(C2CC3CC3C2)c(-c2cccc(Cl)c2)c1N. The van der Waals surface area contributed by atoms with Crippen LogP contribution in [0.4, 0.5) is 5.82 Å². The van der Waals surface area contributed by atoms with Gasteiger partial charge in [-0.2, -0.15) is 5.10 Å². The number of aryl methyl sites for hydroxylation is 1. The Morgan fingerprint density at radius 3 is 2.70 bits per heavy atom. The molecule has 0 spiro atoms. The quantitative estimate of drug-likeness (QED) is 0.912. The number of nitrogens with two attached hydrogens (primary N) is 1. The largest absolute Gasteiger partial charge is 0.383 e. The molecule has 0 amide bonds. The van der Waals surface area contributed by atoms with Gasteiger partial charge in [0, 0.05) is 23.6 Å². The van der Waals surface area contributed by atoms with Gasteiger partial charge in [-0.25, -0.2) is 0 Å². The molecule has 2 aliphatic rings. The molecule has 0 bridgehead atoms. The van der Waals surface area contributed by atoms with E-state index in [9.17, 15) is 0 Å². The molecule has 2 N–H and O–H groups in total. The average molecular weight is 288 g/mol. The van der Waals surface area contributed by atoms with Gasteiger partial charge < -0.3 is 5.73 Å². The standard InChI is InChI=1S/C16H18ClN3/c1-20-16(18)14(9-3-2-4-13(17)8-9)15(19-20)12-6-10-5-11(10)7-12/h2-4,8,10-12H,5-7,18H2,1H3. The Balaban J connectivity index is 1.81. The van der Waals surface area contributed by atoms with E-state index in [4.69, 9.17) is 22.4 Å². The minimum absolute atomic E-state index is 0.566. The Morgan fingerprint density at radius 1 is 1.25 bits per heavy atom. The number of hydrogen-bond donors (Lipinski definition) is 1. The molecule has 1 aromatic heterocycles. The average Bonchev–Trinajstić information content (AvgIpc) is 2.91.